The zero-order valence-electron chi connectivity index (χ0n) is 12.3. The lowest BCUT2D eigenvalue weighted by atomic mass is 10.0. The van der Waals surface area contributed by atoms with Crippen LogP contribution in [0.25, 0.3) is 0 Å². The van der Waals surface area contributed by atoms with Gasteiger partial charge in [-0.05, 0) is 18.2 Å². The standard InChI is InChI=1S/C16H18ClNO3/c1-19-14-10-16(21-3)15(20-2)9-12(14)13(17)8-11-6-4-5-7-18-11/h4-7,9-10,13H,8H2,1-3H3. The van der Waals surface area contributed by atoms with E-state index in [0.29, 0.717) is 23.7 Å². The van der Waals surface area contributed by atoms with Crippen molar-refractivity contribution in [3.63, 3.8) is 0 Å². The third kappa shape index (κ3) is 3.58. The van der Waals surface area contributed by atoms with Crippen molar-refractivity contribution < 1.29 is 14.2 Å². The predicted octanol–water partition coefficient (Wildman–Crippen LogP) is 3.63. The Morgan fingerprint density at radius 1 is 1.00 bits per heavy atom. The molecule has 1 heterocycles. The van der Waals surface area contributed by atoms with Gasteiger partial charge in [-0.15, -0.1) is 11.6 Å². The van der Waals surface area contributed by atoms with Crippen molar-refractivity contribution in [1.29, 1.82) is 0 Å². The molecule has 112 valence electrons. The molecule has 1 aromatic heterocycles. The van der Waals surface area contributed by atoms with Gasteiger partial charge in [0.2, 0.25) is 0 Å². The number of nitrogens with zero attached hydrogens (tertiary/aromatic N) is 1. The van der Waals surface area contributed by atoms with Crippen LogP contribution in [-0.2, 0) is 6.42 Å². The zero-order valence-corrected chi connectivity index (χ0v) is 13.1. The van der Waals surface area contributed by atoms with Crippen LogP contribution in [-0.4, -0.2) is 26.3 Å². The third-order valence-electron chi connectivity index (χ3n) is 3.19. The molecule has 0 aliphatic carbocycles. The van der Waals surface area contributed by atoms with E-state index in [1.165, 1.54) is 0 Å². The molecule has 2 rings (SSSR count). The molecule has 0 saturated heterocycles. The molecule has 0 saturated carbocycles. The molecular weight excluding hydrogens is 290 g/mol. The maximum atomic E-state index is 6.53. The number of benzene rings is 1. The zero-order chi connectivity index (χ0) is 15.2. The van der Waals surface area contributed by atoms with Crippen LogP contribution in [0.5, 0.6) is 17.2 Å². The monoisotopic (exact) mass is 307 g/mol. The number of hydrogen-bond donors (Lipinski definition) is 0. The Bertz CT molecular complexity index is 590. The largest absolute Gasteiger partial charge is 0.496 e. The molecule has 0 N–H and O–H groups in total. The number of alkyl halides is 1. The quantitative estimate of drug-likeness (QED) is 0.764. The van der Waals surface area contributed by atoms with E-state index in [0.717, 1.165) is 11.3 Å². The molecule has 1 atom stereocenters. The van der Waals surface area contributed by atoms with Gasteiger partial charge in [-0.25, -0.2) is 0 Å². The van der Waals surface area contributed by atoms with Crippen LogP contribution >= 0.6 is 11.6 Å². The lowest BCUT2D eigenvalue weighted by Gasteiger charge is -2.17. The maximum absolute atomic E-state index is 6.53. The summed E-state index contributed by atoms with van der Waals surface area (Å²) in [6.07, 6.45) is 2.36. The number of pyridine rings is 1. The minimum Gasteiger partial charge on any atom is -0.496 e. The summed E-state index contributed by atoms with van der Waals surface area (Å²) in [4.78, 5) is 4.29. The number of hydrogen-bond acceptors (Lipinski definition) is 4. The average Bonchev–Trinajstić information content (AvgIpc) is 2.54. The number of halogens is 1. The van der Waals surface area contributed by atoms with Gasteiger partial charge in [0.15, 0.2) is 11.5 Å². The van der Waals surface area contributed by atoms with E-state index in [-0.39, 0.29) is 5.38 Å². The van der Waals surface area contributed by atoms with Crippen molar-refractivity contribution in [2.45, 2.75) is 11.8 Å². The molecular formula is C16H18ClNO3. The lowest BCUT2D eigenvalue weighted by molar-refractivity contribution is 0.347. The van der Waals surface area contributed by atoms with E-state index in [2.05, 4.69) is 4.98 Å². The fraction of sp³-hybridized carbons (Fsp3) is 0.312. The molecule has 0 fully saturated rings. The average molecular weight is 308 g/mol. The first-order chi connectivity index (χ1) is 10.2. The van der Waals surface area contributed by atoms with E-state index >= 15 is 0 Å². The van der Waals surface area contributed by atoms with Crippen molar-refractivity contribution in [2.75, 3.05) is 21.3 Å². The first-order valence-electron chi connectivity index (χ1n) is 6.53. The highest BCUT2D eigenvalue weighted by molar-refractivity contribution is 6.21. The Kier molecular flexibility index (Phi) is 5.28. The second-order valence-electron chi connectivity index (χ2n) is 4.44. The minimum absolute atomic E-state index is 0.269. The Hall–Kier alpha value is -1.94. The second-order valence-corrected chi connectivity index (χ2v) is 4.97. The molecule has 1 aromatic carbocycles. The summed E-state index contributed by atoms with van der Waals surface area (Å²) in [6, 6.07) is 9.39. The lowest BCUT2D eigenvalue weighted by Crippen LogP contribution is -2.02. The normalized spacial score (nSPS) is 11.8. The number of aromatic nitrogens is 1. The van der Waals surface area contributed by atoms with Crippen LogP contribution in [0.15, 0.2) is 36.5 Å². The van der Waals surface area contributed by atoms with Gasteiger partial charge >= 0.3 is 0 Å². The molecule has 0 aliphatic rings. The maximum Gasteiger partial charge on any atom is 0.164 e. The highest BCUT2D eigenvalue weighted by Gasteiger charge is 2.19. The van der Waals surface area contributed by atoms with Crippen LogP contribution in [0.1, 0.15) is 16.6 Å². The topological polar surface area (TPSA) is 40.6 Å². The van der Waals surface area contributed by atoms with Gasteiger partial charge in [0, 0.05) is 29.9 Å². The van der Waals surface area contributed by atoms with Gasteiger partial charge in [0.05, 0.1) is 26.7 Å². The Balaban J connectivity index is 2.33. The molecule has 1 unspecified atom stereocenters. The van der Waals surface area contributed by atoms with Crippen molar-refractivity contribution in [3.05, 3.63) is 47.8 Å². The highest BCUT2D eigenvalue weighted by atomic mass is 35.5. The summed E-state index contributed by atoms with van der Waals surface area (Å²) in [7, 11) is 4.79. The molecule has 0 bridgehead atoms. The predicted molar refractivity (Wildman–Crippen MR) is 82.6 cm³/mol. The van der Waals surface area contributed by atoms with E-state index in [9.17, 15) is 0 Å². The van der Waals surface area contributed by atoms with Gasteiger partial charge in [-0.1, -0.05) is 6.07 Å². The minimum atomic E-state index is -0.269. The summed E-state index contributed by atoms with van der Waals surface area (Å²) in [5.41, 5.74) is 1.77. The Labute approximate surface area is 129 Å². The fourth-order valence-corrected chi connectivity index (χ4v) is 2.44. The molecule has 21 heavy (non-hydrogen) atoms. The van der Waals surface area contributed by atoms with Crippen molar-refractivity contribution in [3.8, 4) is 17.2 Å². The van der Waals surface area contributed by atoms with Crippen LogP contribution in [0, 0.1) is 0 Å². The van der Waals surface area contributed by atoms with Gasteiger partial charge in [0.25, 0.3) is 0 Å². The van der Waals surface area contributed by atoms with Gasteiger partial charge in [-0.3, -0.25) is 4.98 Å². The Morgan fingerprint density at radius 2 is 1.67 bits per heavy atom. The van der Waals surface area contributed by atoms with Crippen LogP contribution < -0.4 is 14.2 Å². The van der Waals surface area contributed by atoms with Crippen molar-refractivity contribution >= 4 is 11.6 Å². The van der Waals surface area contributed by atoms with E-state index in [1.807, 2.05) is 24.3 Å². The van der Waals surface area contributed by atoms with Crippen LogP contribution in [0.2, 0.25) is 0 Å². The first kappa shape index (κ1) is 15.4. The SMILES string of the molecule is COc1cc(OC)c(C(Cl)Cc2ccccn2)cc1OC. The van der Waals surface area contributed by atoms with Gasteiger partial charge in [-0.2, -0.15) is 0 Å². The van der Waals surface area contributed by atoms with Gasteiger partial charge in [0.1, 0.15) is 5.75 Å². The van der Waals surface area contributed by atoms with Gasteiger partial charge < -0.3 is 14.2 Å². The van der Waals surface area contributed by atoms with E-state index in [1.54, 1.807) is 33.6 Å². The summed E-state index contributed by atoms with van der Waals surface area (Å²) in [5, 5.41) is -0.269. The number of ether oxygens (including phenoxy) is 3. The smallest absolute Gasteiger partial charge is 0.164 e. The van der Waals surface area contributed by atoms with Crippen LogP contribution in [0.3, 0.4) is 0 Å². The number of methoxy groups -OCH3 is 3. The summed E-state index contributed by atoms with van der Waals surface area (Å²) >= 11 is 6.53. The van der Waals surface area contributed by atoms with E-state index in [4.69, 9.17) is 25.8 Å². The molecule has 0 amide bonds. The highest BCUT2D eigenvalue weighted by Crippen LogP contribution is 2.40. The van der Waals surface area contributed by atoms with Crippen molar-refractivity contribution in [1.82, 2.24) is 4.98 Å². The summed E-state index contributed by atoms with van der Waals surface area (Å²) < 4.78 is 16.0. The molecule has 0 spiro atoms. The third-order valence-corrected chi connectivity index (χ3v) is 3.58. The van der Waals surface area contributed by atoms with Crippen molar-refractivity contribution in [2.24, 2.45) is 0 Å². The number of rotatable bonds is 6. The van der Waals surface area contributed by atoms with E-state index < -0.39 is 0 Å². The fourth-order valence-electron chi connectivity index (χ4n) is 2.11. The molecule has 5 heteroatoms. The first-order valence-corrected chi connectivity index (χ1v) is 6.97. The Morgan fingerprint density at radius 3 is 2.24 bits per heavy atom. The second kappa shape index (κ2) is 7.18. The molecule has 0 radical (unpaired) electrons. The molecule has 0 aliphatic heterocycles. The van der Waals surface area contributed by atoms with Crippen LogP contribution in [0.4, 0.5) is 0 Å². The summed E-state index contributed by atoms with van der Waals surface area (Å²) in [6.45, 7) is 0. The summed E-state index contributed by atoms with van der Waals surface area (Å²) in [5.74, 6) is 1.91. The molecule has 4 nitrogen and oxygen atoms in total. The molecule has 2 aromatic rings.